The van der Waals surface area contributed by atoms with Crippen LogP contribution in [0.4, 0.5) is 0 Å². The molecule has 0 unspecified atom stereocenters. The Hall–Kier alpha value is -2.26. The summed E-state index contributed by atoms with van der Waals surface area (Å²) in [6.07, 6.45) is 1.47. The topological polar surface area (TPSA) is 32.6 Å². The average Bonchev–Trinajstić information content (AvgIpc) is 2.51. The third-order valence-corrected chi connectivity index (χ3v) is 4.17. The van der Waals surface area contributed by atoms with Gasteiger partial charge in [0.25, 0.3) is 0 Å². The summed E-state index contributed by atoms with van der Waals surface area (Å²) in [5, 5.41) is 14.1. The quantitative estimate of drug-likeness (QED) is 0.424. The van der Waals surface area contributed by atoms with Crippen molar-refractivity contribution in [3.8, 4) is 0 Å². The SMILES string of the molecule is O/N=C/c1ccc(Sc2ccccc2)c2ccccc12. The average molecular weight is 279 g/mol. The van der Waals surface area contributed by atoms with Crippen LogP contribution in [0.15, 0.2) is 81.7 Å². The molecule has 0 atom stereocenters. The molecular weight excluding hydrogens is 266 g/mol. The van der Waals surface area contributed by atoms with Crippen LogP contribution in [0.3, 0.4) is 0 Å². The van der Waals surface area contributed by atoms with Gasteiger partial charge in [-0.05, 0) is 29.0 Å². The van der Waals surface area contributed by atoms with Gasteiger partial charge in [-0.25, -0.2) is 0 Å². The van der Waals surface area contributed by atoms with Crippen molar-refractivity contribution in [2.75, 3.05) is 0 Å². The first-order valence-electron chi connectivity index (χ1n) is 6.30. The fourth-order valence-corrected chi connectivity index (χ4v) is 3.15. The van der Waals surface area contributed by atoms with E-state index < -0.39 is 0 Å². The highest BCUT2D eigenvalue weighted by Crippen LogP contribution is 2.34. The molecule has 0 heterocycles. The van der Waals surface area contributed by atoms with Crippen molar-refractivity contribution >= 4 is 28.7 Å². The first kappa shape index (κ1) is 12.8. The van der Waals surface area contributed by atoms with Gasteiger partial charge in [-0.2, -0.15) is 0 Å². The molecule has 2 nitrogen and oxygen atoms in total. The van der Waals surface area contributed by atoms with E-state index in [1.165, 1.54) is 21.4 Å². The number of benzene rings is 3. The molecule has 0 spiro atoms. The van der Waals surface area contributed by atoms with Crippen LogP contribution in [0.5, 0.6) is 0 Å². The summed E-state index contributed by atoms with van der Waals surface area (Å²) in [4.78, 5) is 2.41. The van der Waals surface area contributed by atoms with E-state index in [4.69, 9.17) is 5.21 Å². The molecule has 3 aromatic carbocycles. The van der Waals surface area contributed by atoms with Crippen molar-refractivity contribution in [3.05, 3.63) is 72.3 Å². The number of fused-ring (bicyclic) bond motifs is 1. The third-order valence-electron chi connectivity index (χ3n) is 3.09. The van der Waals surface area contributed by atoms with Crippen molar-refractivity contribution < 1.29 is 5.21 Å². The molecule has 0 radical (unpaired) electrons. The van der Waals surface area contributed by atoms with Crippen molar-refractivity contribution in [2.24, 2.45) is 5.16 Å². The van der Waals surface area contributed by atoms with Gasteiger partial charge < -0.3 is 5.21 Å². The largest absolute Gasteiger partial charge is 0.411 e. The molecule has 0 saturated carbocycles. The summed E-state index contributed by atoms with van der Waals surface area (Å²) >= 11 is 1.74. The van der Waals surface area contributed by atoms with Crippen molar-refractivity contribution in [3.63, 3.8) is 0 Å². The maximum Gasteiger partial charge on any atom is 0.0740 e. The summed E-state index contributed by atoms with van der Waals surface area (Å²) < 4.78 is 0. The Morgan fingerprint density at radius 1 is 0.800 bits per heavy atom. The highest BCUT2D eigenvalue weighted by atomic mass is 32.2. The lowest BCUT2D eigenvalue weighted by Crippen LogP contribution is -1.86. The van der Waals surface area contributed by atoms with Crippen LogP contribution in [0.1, 0.15) is 5.56 Å². The Morgan fingerprint density at radius 2 is 1.50 bits per heavy atom. The van der Waals surface area contributed by atoms with E-state index in [9.17, 15) is 0 Å². The van der Waals surface area contributed by atoms with Gasteiger partial charge in [0.2, 0.25) is 0 Å². The molecule has 20 heavy (non-hydrogen) atoms. The Kier molecular flexibility index (Phi) is 3.70. The molecular formula is C17H13NOS. The smallest absolute Gasteiger partial charge is 0.0740 e. The lowest BCUT2D eigenvalue weighted by atomic mass is 10.1. The molecule has 0 aliphatic rings. The summed E-state index contributed by atoms with van der Waals surface area (Å²) in [6.45, 7) is 0. The minimum Gasteiger partial charge on any atom is -0.411 e. The molecule has 1 N–H and O–H groups in total. The second-order valence-corrected chi connectivity index (χ2v) is 5.47. The fourth-order valence-electron chi connectivity index (χ4n) is 2.17. The Bertz CT molecular complexity index is 753. The van der Waals surface area contributed by atoms with Crippen molar-refractivity contribution in [1.29, 1.82) is 0 Å². The van der Waals surface area contributed by atoms with E-state index in [0.29, 0.717) is 0 Å². The van der Waals surface area contributed by atoms with Crippen LogP contribution in [-0.4, -0.2) is 11.4 Å². The zero-order valence-electron chi connectivity index (χ0n) is 10.7. The number of hydrogen-bond donors (Lipinski definition) is 1. The van der Waals surface area contributed by atoms with Crippen LogP contribution in [-0.2, 0) is 0 Å². The standard InChI is InChI=1S/C17H13NOS/c19-18-12-13-10-11-17(16-9-5-4-8-15(13)16)20-14-6-2-1-3-7-14/h1-12,19H/b18-12+. The van der Waals surface area contributed by atoms with Crippen LogP contribution < -0.4 is 0 Å². The fraction of sp³-hybridized carbons (Fsp3) is 0. The molecule has 3 heteroatoms. The molecule has 0 fully saturated rings. The molecule has 0 aromatic heterocycles. The van der Waals surface area contributed by atoms with Crippen LogP contribution in [0, 0.1) is 0 Å². The summed E-state index contributed by atoms with van der Waals surface area (Å²) in [5.41, 5.74) is 0.917. The van der Waals surface area contributed by atoms with Crippen LogP contribution >= 0.6 is 11.8 Å². The second-order valence-electron chi connectivity index (χ2n) is 4.36. The lowest BCUT2D eigenvalue weighted by molar-refractivity contribution is 0.322. The zero-order valence-corrected chi connectivity index (χ0v) is 11.5. The predicted molar refractivity (Wildman–Crippen MR) is 83.9 cm³/mol. The van der Waals surface area contributed by atoms with Gasteiger partial charge in [-0.3, -0.25) is 0 Å². The highest BCUT2D eigenvalue weighted by Gasteiger charge is 2.06. The van der Waals surface area contributed by atoms with E-state index in [0.717, 1.165) is 10.9 Å². The first-order valence-corrected chi connectivity index (χ1v) is 7.12. The minimum absolute atomic E-state index is 0.917. The number of oxime groups is 1. The maximum absolute atomic E-state index is 8.75. The van der Waals surface area contributed by atoms with Gasteiger partial charge in [-0.15, -0.1) is 0 Å². The van der Waals surface area contributed by atoms with E-state index in [1.807, 2.05) is 42.5 Å². The third kappa shape index (κ3) is 2.53. The van der Waals surface area contributed by atoms with Crippen LogP contribution in [0.2, 0.25) is 0 Å². The lowest BCUT2D eigenvalue weighted by Gasteiger charge is -2.08. The summed E-state index contributed by atoms with van der Waals surface area (Å²) in [7, 11) is 0. The van der Waals surface area contributed by atoms with Gasteiger partial charge in [0.1, 0.15) is 0 Å². The Balaban J connectivity index is 2.11. The van der Waals surface area contributed by atoms with Crippen molar-refractivity contribution in [2.45, 2.75) is 9.79 Å². The van der Waals surface area contributed by atoms with Gasteiger partial charge in [0.05, 0.1) is 6.21 Å². The number of rotatable bonds is 3. The zero-order chi connectivity index (χ0) is 13.8. The maximum atomic E-state index is 8.75. The number of hydrogen-bond acceptors (Lipinski definition) is 3. The van der Waals surface area contributed by atoms with Crippen LogP contribution in [0.25, 0.3) is 10.8 Å². The molecule has 0 aliphatic heterocycles. The molecule has 0 bridgehead atoms. The number of nitrogens with zero attached hydrogens (tertiary/aromatic N) is 1. The highest BCUT2D eigenvalue weighted by molar-refractivity contribution is 7.99. The van der Waals surface area contributed by atoms with Gasteiger partial charge in [0.15, 0.2) is 0 Å². The van der Waals surface area contributed by atoms with Gasteiger partial charge >= 0.3 is 0 Å². The second kappa shape index (κ2) is 5.80. The molecule has 98 valence electrons. The molecule has 0 saturated heterocycles. The molecule has 3 rings (SSSR count). The summed E-state index contributed by atoms with van der Waals surface area (Å²) in [6, 6.07) is 22.5. The molecule has 3 aromatic rings. The minimum atomic E-state index is 0.917. The summed E-state index contributed by atoms with van der Waals surface area (Å²) in [5.74, 6) is 0. The molecule has 0 aliphatic carbocycles. The first-order chi connectivity index (χ1) is 9.88. The van der Waals surface area contributed by atoms with E-state index in [-0.39, 0.29) is 0 Å². The predicted octanol–water partition coefficient (Wildman–Crippen LogP) is 4.80. The van der Waals surface area contributed by atoms with Crippen molar-refractivity contribution in [1.82, 2.24) is 0 Å². The molecule has 0 amide bonds. The Labute approximate surface area is 121 Å². The normalized spacial score (nSPS) is 11.2. The Morgan fingerprint density at radius 3 is 2.25 bits per heavy atom. The van der Waals surface area contributed by atoms with E-state index in [2.05, 4.69) is 29.4 Å². The monoisotopic (exact) mass is 279 g/mol. The van der Waals surface area contributed by atoms with E-state index in [1.54, 1.807) is 11.8 Å². The van der Waals surface area contributed by atoms with Gasteiger partial charge in [0, 0.05) is 15.4 Å². The van der Waals surface area contributed by atoms with E-state index >= 15 is 0 Å². The van der Waals surface area contributed by atoms with Gasteiger partial charge in [-0.1, -0.05) is 65.4 Å².